The van der Waals surface area contributed by atoms with Crippen molar-refractivity contribution >= 4 is 5.91 Å². The molecule has 1 amide bonds. The maximum absolute atomic E-state index is 11.9. The number of hydrogen-bond acceptors (Lipinski definition) is 2. The van der Waals surface area contributed by atoms with Crippen LogP contribution in [-0.2, 0) is 4.79 Å². The lowest BCUT2D eigenvalue weighted by Gasteiger charge is -2.40. The van der Waals surface area contributed by atoms with Gasteiger partial charge in [0.25, 0.3) is 0 Å². The van der Waals surface area contributed by atoms with Crippen molar-refractivity contribution in [2.75, 3.05) is 13.6 Å². The van der Waals surface area contributed by atoms with Crippen molar-refractivity contribution in [2.45, 2.75) is 65.3 Å². The molecule has 106 valence electrons. The fourth-order valence-electron chi connectivity index (χ4n) is 3.04. The van der Waals surface area contributed by atoms with E-state index in [1.165, 1.54) is 19.3 Å². The van der Waals surface area contributed by atoms with E-state index >= 15 is 0 Å². The maximum Gasteiger partial charge on any atom is 0.220 e. The minimum atomic E-state index is 0.228. The van der Waals surface area contributed by atoms with E-state index in [2.05, 4.69) is 31.4 Å². The van der Waals surface area contributed by atoms with Gasteiger partial charge in [-0.1, -0.05) is 33.6 Å². The van der Waals surface area contributed by atoms with Gasteiger partial charge < -0.3 is 10.6 Å². The Morgan fingerprint density at radius 2 is 1.89 bits per heavy atom. The maximum atomic E-state index is 11.9. The molecule has 2 unspecified atom stereocenters. The van der Waals surface area contributed by atoms with Crippen molar-refractivity contribution in [1.82, 2.24) is 10.6 Å². The molecule has 0 aliphatic heterocycles. The molecule has 0 spiro atoms. The van der Waals surface area contributed by atoms with Crippen molar-refractivity contribution in [2.24, 2.45) is 11.3 Å². The van der Waals surface area contributed by atoms with Gasteiger partial charge in [-0.05, 0) is 44.2 Å². The fourth-order valence-corrected chi connectivity index (χ4v) is 3.04. The quantitative estimate of drug-likeness (QED) is 0.741. The summed E-state index contributed by atoms with van der Waals surface area (Å²) in [7, 11) is 1.93. The van der Waals surface area contributed by atoms with Crippen molar-refractivity contribution in [1.29, 1.82) is 0 Å². The second kappa shape index (κ2) is 7.13. The molecule has 1 aliphatic carbocycles. The van der Waals surface area contributed by atoms with Crippen LogP contribution in [0.3, 0.4) is 0 Å². The zero-order chi connectivity index (χ0) is 13.6. The molecule has 1 aliphatic rings. The SMILES string of the molecule is CNCCCC(=O)NC1CCCCC1C(C)(C)C. The van der Waals surface area contributed by atoms with E-state index in [1.54, 1.807) is 0 Å². The second-order valence-corrected chi connectivity index (χ2v) is 6.64. The van der Waals surface area contributed by atoms with E-state index in [0.29, 0.717) is 23.8 Å². The molecule has 18 heavy (non-hydrogen) atoms. The monoisotopic (exact) mass is 254 g/mol. The zero-order valence-electron chi connectivity index (χ0n) is 12.5. The average molecular weight is 254 g/mol. The van der Waals surface area contributed by atoms with Gasteiger partial charge in [0.15, 0.2) is 0 Å². The number of carbonyl (C=O) groups is 1. The molecule has 2 atom stereocenters. The zero-order valence-corrected chi connectivity index (χ0v) is 12.5. The summed E-state index contributed by atoms with van der Waals surface area (Å²) >= 11 is 0. The van der Waals surface area contributed by atoms with Crippen molar-refractivity contribution in [3.63, 3.8) is 0 Å². The minimum absolute atomic E-state index is 0.228. The Labute approximate surface area is 112 Å². The summed E-state index contributed by atoms with van der Waals surface area (Å²) in [6, 6.07) is 0.390. The van der Waals surface area contributed by atoms with Gasteiger partial charge >= 0.3 is 0 Å². The predicted octanol–water partition coefficient (Wildman–Crippen LogP) is 2.71. The van der Waals surface area contributed by atoms with Crippen LogP contribution in [0, 0.1) is 11.3 Å². The highest BCUT2D eigenvalue weighted by Gasteiger charge is 2.34. The number of amides is 1. The standard InChI is InChI=1S/C15H30N2O/c1-15(2,3)12-8-5-6-9-13(12)17-14(18)10-7-11-16-4/h12-13,16H,5-11H2,1-4H3,(H,17,18). The first-order valence-corrected chi connectivity index (χ1v) is 7.39. The number of rotatable bonds is 5. The topological polar surface area (TPSA) is 41.1 Å². The van der Waals surface area contributed by atoms with E-state index in [0.717, 1.165) is 19.4 Å². The van der Waals surface area contributed by atoms with Crippen LogP contribution >= 0.6 is 0 Å². The first-order chi connectivity index (χ1) is 8.45. The molecule has 3 nitrogen and oxygen atoms in total. The van der Waals surface area contributed by atoms with E-state index < -0.39 is 0 Å². The molecule has 3 heteroatoms. The van der Waals surface area contributed by atoms with E-state index in [4.69, 9.17) is 0 Å². The third-order valence-corrected chi connectivity index (χ3v) is 4.06. The van der Waals surface area contributed by atoms with Crippen molar-refractivity contribution in [3.8, 4) is 0 Å². The summed E-state index contributed by atoms with van der Waals surface area (Å²) in [5.41, 5.74) is 0.295. The van der Waals surface area contributed by atoms with Crippen LogP contribution in [0.5, 0.6) is 0 Å². The summed E-state index contributed by atoms with van der Waals surface area (Å²) in [5, 5.41) is 6.35. The van der Waals surface area contributed by atoms with Crippen LogP contribution in [0.2, 0.25) is 0 Å². The van der Waals surface area contributed by atoms with Crippen LogP contribution < -0.4 is 10.6 Å². The lowest BCUT2D eigenvalue weighted by molar-refractivity contribution is -0.122. The molecular formula is C15H30N2O. The highest BCUT2D eigenvalue weighted by atomic mass is 16.1. The normalized spacial score (nSPS) is 24.9. The molecule has 0 radical (unpaired) electrons. The average Bonchev–Trinajstić information content (AvgIpc) is 2.28. The third kappa shape index (κ3) is 4.97. The molecule has 1 fully saturated rings. The summed E-state index contributed by atoms with van der Waals surface area (Å²) < 4.78 is 0. The van der Waals surface area contributed by atoms with Gasteiger partial charge in [-0.15, -0.1) is 0 Å². The lowest BCUT2D eigenvalue weighted by Crippen LogP contribution is -2.46. The largest absolute Gasteiger partial charge is 0.353 e. The molecule has 1 saturated carbocycles. The second-order valence-electron chi connectivity index (χ2n) is 6.64. The Morgan fingerprint density at radius 1 is 1.22 bits per heavy atom. The highest BCUT2D eigenvalue weighted by molar-refractivity contribution is 5.76. The van der Waals surface area contributed by atoms with Crippen molar-refractivity contribution in [3.05, 3.63) is 0 Å². The van der Waals surface area contributed by atoms with Crippen molar-refractivity contribution < 1.29 is 4.79 Å². The fraction of sp³-hybridized carbons (Fsp3) is 0.933. The highest BCUT2D eigenvalue weighted by Crippen LogP contribution is 2.37. The van der Waals surface area contributed by atoms with Gasteiger partial charge in [-0.2, -0.15) is 0 Å². The number of carbonyl (C=O) groups excluding carboxylic acids is 1. The smallest absolute Gasteiger partial charge is 0.220 e. The molecule has 0 bridgehead atoms. The molecule has 2 N–H and O–H groups in total. The molecule has 0 aromatic carbocycles. The van der Waals surface area contributed by atoms with E-state index in [9.17, 15) is 4.79 Å². The first-order valence-electron chi connectivity index (χ1n) is 7.39. The van der Waals surface area contributed by atoms with Gasteiger partial charge in [0, 0.05) is 12.5 Å². The summed E-state index contributed by atoms with van der Waals surface area (Å²) in [6.45, 7) is 7.80. The van der Waals surface area contributed by atoms with Gasteiger partial charge in [0.05, 0.1) is 0 Å². The predicted molar refractivity (Wildman–Crippen MR) is 76.5 cm³/mol. The molecular weight excluding hydrogens is 224 g/mol. The molecule has 0 saturated heterocycles. The number of nitrogens with one attached hydrogen (secondary N) is 2. The van der Waals surface area contributed by atoms with Gasteiger partial charge in [0.1, 0.15) is 0 Å². The van der Waals surface area contributed by atoms with E-state index in [1.807, 2.05) is 7.05 Å². The summed E-state index contributed by atoms with van der Waals surface area (Å²) in [5.74, 6) is 0.853. The van der Waals surface area contributed by atoms with Crippen LogP contribution in [-0.4, -0.2) is 25.5 Å². The van der Waals surface area contributed by atoms with Crippen LogP contribution in [0.4, 0.5) is 0 Å². The summed E-state index contributed by atoms with van der Waals surface area (Å²) in [4.78, 5) is 11.9. The Bertz CT molecular complexity index is 258. The van der Waals surface area contributed by atoms with Crippen LogP contribution in [0.1, 0.15) is 59.3 Å². The molecule has 0 heterocycles. The van der Waals surface area contributed by atoms with E-state index in [-0.39, 0.29) is 5.91 Å². The minimum Gasteiger partial charge on any atom is -0.353 e. The molecule has 0 aromatic rings. The molecule has 1 rings (SSSR count). The Balaban J connectivity index is 2.44. The first kappa shape index (κ1) is 15.5. The van der Waals surface area contributed by atoms with Crippen LogP contribution in [0.25, 0.3) is 0 Å². The van der Waals surface area contributed by atoms with Gasteiger partial charge in [-0.3, -0.25) is 4.79 Å². The number of hydrogen-bond donors (Lipinski definition) is 2. The summed E-state index contributed by atoms with van der Waals surface area (Å²) in [6.07, 6.45) is 6.55. The Hall–Kier alpha value is -0.570. The lowest BCUT2D eigenvalue weighted by atomic mass is 9.69. The Kier molecular flexibility index (Phi) is 6.13. The van der Waals surface area contributed by atoms with Crippen LogP contribution in [0.15, 0.2) is 0 Å². The third-order valence-electron chi connectivity index (χ3n) is 4.06. The molecule has 0 aromatic heterocycles. The Morgan fingerprint density at radius 3 is 2.50 bits per heavy atom. The van der Waals surface area contributed by atoms with Gasteiger partial charge in [0.2, 0.25) is 5.91 Å². The van der Waals surface area contributed by atoms with Gasteiger partial charge in [-0.25, -0.2) is 0 Å².